The van der Waals surface area contributed by atoms with Crippen LogP contribution in [0.4, 0.5) is 0 Å². The monoisotopic (exact) mass is 343 g/mol. The molecule has 6 nitrogen and oxygen atoms in total. The molecule has 0 spiro atoms. The van der Waals surface area contributed by atoms with E-state index in [2.05, 4.69) is 0 Å². The Balaban J connectivity index is 1.70. The Morgan fingerprint density at radius 3 is 2.72 bits per heavy atom. The molecule has 1 amide bonds. The average molecular weight is 343 g/mol. The van der Waals surface area contributed by atoms with E-state index in [9.17, 15) is 14.7 Å². The smallest absolute Gasteiger partial charge is 0.308 e. The topological polar surface area (TPSA) is 80.0 Å². The minimum atomic E-state index is -0.864. The highest BCUT2D eigenvalue weighted by Crippen LogP contribution is 2.25. The predicted octanol–water partition coefficient (Wildman–Crippen LogP) is 3.04. The Hall–Kier alpha value is -2.76. The Morgan fingerprint density at radius 2 is 2.00 bits per heavy atom. The van der Waals surface area contributed by atoms with E-state index in [1.54, 1.807) is 11.0 Å². The first kappa shape index (κ1) is 17.1. The zero-order chi connectivity index (χ0) is 17.8. The molecule has 2 aromatic rings. The van der Waals surface area contributed by atoms with Crippen molar-refractivity contribution in [1.29, 1.82) is 0 Å². The molecule has 2 unspecified atom stereocenters. The molecule has 25 heavy (non-hydrogen) atoms. The van der Waals surface area contributed by atoms with Crippen molar-refractivity contribution in [2.75, 3.05) is 13.1 Å². The van der Waals surface area contributed by atoms with Gasteiger partial charge in [-0.1, -0.05) is 25.1 Å². The van der Waals surface area contributed by atoms with Crippen molar-refractivity contribution < 1.29 is 23.8 Å². The number of nitrogens with zero attached hydrogens (tertiary/aromatic N) is 1. The van der Waals surface area contributed by atoms with Crippen molar-refractivity contribution in [2.45, 2.75) is 20.0 Å². The third-order valence-corrected chi connectivity index (χ3v) is 4.37. The molecule has 132 valence electrons. The van der Waals surface area contributed by atoms with E-state index >= 15 is 0 Å². The first-order valence-corrected chi connectivity index (χ1v) is 8.31. The van der Waals surface area contributed by atoms with Crippen LogP contribution in [-0.4, -0.2) is 35.0 Å². The van der Waals surface area contributed by atoms with Crippen LogP contribution in [0.2, 0.25) is 0 Å². The number of carbonyl (C=O) groups is 2. The molecule has 1 N–H and O–H groups in total. The van der Waals surface area contributed by atoms with E-state index in [1.165, 1.54) is 6.26 Å². The van der Waals surface area contributed by atoms with Crippen LogP contribution in [0.1, 0.15) is 29.5 Å². The molecule has 1 fully saturated rings. The third kappa shape index (κ3) is 4.02. The van der Waals surface area contributed by atoms with Crippen LogP contribution >= 0.6 is 0 Å². The van der Waals surface area contributed by atoms with Gasteiger partial charge in [-0.15, -0.1) is 0 Å². The molecule has 1 aliphatic rings. The summed E-state index contributed by atoms with van der Waals surface area (Å²) in [6, 6.07) is 11.0. The number of amides is 1. The van der Waals surface area contributed by atoms with Gasteiger partial charge in [0.15, 0.2) is 5.76 Å². The fourth-order valence-electron chi connectivity index (χ4n) is 3.15. The van der Waals surface area contributed by atoms with E-state index < -0.39 is 11.9 Å². The first-order chi connectivity index (χ1) is 12.0. The van der Waals surface area contributed by atoms with Crippen molar-refractivity contribution in [2.24, 2.45) is 11.8 Å². The average Bonchev–Trinajstić information content (AvgIpc) is 3.08. The van der Waals surface area contributed by atoms with Crippen LogP contribution in [0.25, 0.3) is 0 Å². The second-order valence-electron chi connectivity index (χ2n) is 6.46. The maximum absolute atomic E-state index is 12.8. The van der Waals surface area contributed by atoms with Crippen LogP contribution in [-0.2, 0) is 11.4 Å². The lowest BCUT2D eigenvalue weighted by Crippen LogP contribution is -2.45. The lowest BCUT2D eigenvalue weighted by Gasteiger charge is -2.34. The van der Waals surface area contributed by atoms with Crippen LogP contribution in [0.15, 0.2) is 47.1 Å². The maximum Gasteiger partial charge on any atom is 0.308 e. The lowest BCUT2D eigenvalue weighted by molar-refractivity contribution is -0.143. The summed E-state index contributed by atoms with van der Waals surface area (Å²) in [6.07, 6.45) is 2.04. The fourth-order valence-corrected chi connectivity index (χ4v) is 3.15. The number of aliphatic carboxylic acids is 1. The van der Waals surface area contributed by atoms with Gasteiger partial charge in [0.05, 0.1) is 12.2 Å². The molecule has 3 rings (SSSR count). The van der Waals surface area contributed by atoms with Gasteiger partial charge in [0.2, 0.25) is 0 Å². The van der Waals surface area contributed by atoms with Gasteiger partial charge in [0, 0.05) is 18.7 Å². The Morgan fingerprint density at radius 1 is 1.24 bits per heavy atom. The molecule has 1 aliphatic heterocycles. The summed E-state index contributed by atoms with van der Waals surface area (Å²) in [5.41, 5.74) is 0.652. The SMILES string of the molecule is CC1CC(C(=O)O)CN(C(=O)c2occc2COc2ccccc2)C1. The number of carboxylic acids is 1. The summed E-state index contributed by atoms with van der Waals surface area (Å²) in [4.78, 5) is 25.7. The molecule has 0 aliphatic carbocycles. The van der Waals surface area contributed by atoms with Crippen LogP contribution in [0.3, 0.4) is 0 Å². The van der Waals surface area contributed by atoms with Crippen LogP contribution in [0.5, 0.6) is 5.75 Å². The summed E-state index contributed by atoms with van der Waals surface area (Å²) in [5, 5.41) is 9.27. The normalized spacial score (nSPS) is 20.3. The Kier molecular flexibility index (Phi) is 5.07. The fraction of sp³-hybridized carbons (Fsp3) is 0.368. The number of hydrogen-bond acceptors (Lipinski definition) is 4. The number of ether oxygens (including phenoxy) is 1. The Bertz CT molecular complexity index is 739. The first-order valence-electron chi connectivity index (χ1n) is 8.31. The summed E-state index contributed by atoms with van der Waals surface area (Å²) in [5.74, 6) is -0.621. The van der Waals surface area contributed by atoms with Gasteiger partial charge in [-0.25, -0.2) is 0 Å². The van der Waals surface area contributed by atoms with Gasteiger partial charge in [-0.3, -0.25) is 9.59 Å². The number of benzene rings is 1. The van der Waals surface area contributed by atoms with Gasteiger partial charge in [0.1, 0.15) is 12.4 Å². The second kappa shape index (κ2) is 7.42. The van der Waals surface area contributed by atoms with Crippen molar-refractivity contribution in [1.82, 2.24) is 4.90 Å². The minimum absolute atomic E-state index is 0.137. The van der Waals surface area contributed by atoms with Crippen molar-refractivity contribution >= 4 is 11.9 Å². The molecule has 6 heteroatoms. The van der Waals surface area contributed by atoms with E-state index in [4.69, 9.17) is 9.15 Å². The number of rotatable bonds is 5. The van der Waals surface area contributed by atoms with E-state index in [0.717, 1.165) is 0 Å². The van der Waals surface area contributed by atoms with Crippen LogP contribution in [0, 0.1) is 11.8 Å². The molecule has 0 bridgehead atoms. The largest absolute Gasteiger partial charge is 0.489 e. The molecular formula is C19H21NO5. The maximum atomic E-state index is 12.8. The van der Waals surface area contributed by atoms with E-state index in [1.807, 2.05) is 37.3 Å². The standard InChI is InChI=1S/C19H21NO5/c1-13-9-15(19(22)23)11-20(10-13)18(21)17-14(7-8-24-17)12-25-16-5-3-2-4-6-16/h2-8,13,15H,9-12H2,1H3,(H,22,23). The number of hydrogen-bond donors (Lipinski definition) is 1. The van der Waals surface area contributed by atoms with E-state index in [-0.39, 0.29) is 30.7 Å². The molecule has 1 aromatic heterocycles. The number of piperidine rings is 1. The number of carboxylic acid groups (broad SMARTS) is 1. The van der Waals surface area contributed by atoms with Gasteiger partial charge in [-0.05, 0) is 30.5 Å². The number of furan rings is 1. The van der Waals surface area contributed by atoms with Gasteiger partial charge in [0.25, 0.3) is 5.91 Å². The van der Waals surface area contributed by atoms with E-state index in [0.29, 0.717) is 24.3 Å². The molecule has 1 aromatic carbocycles. The van der Waals surface area contributed by atoms with Crippen molar-refractivity contribution in [3.05, 3.63) is 54.0 Å². The highest BCUT2D eigenvalue weighted by molar-refractivity contribution is 5.93. The van der Waals surface area contributed by atoms with Gasteiger partial charge in [-0.2, -0.15) is 0 Å². The molecule has 0 saturated carbocycles. The summed E-state index contributed by atoms with van der Waals surface area (Å²) >= 11 is 0. The third-order valence-electron chi connectivity index (χ3n) is 4.37. The molecule has 1 saturated heterocycles. The van der Waals surface area contributed by atoms with Crippen molar-refractivity contribution in [3.8, 4) is 5.75 Å². The number of para-hydroxylation sites is 1. The summed E-state index contributed by atoms with van der Waals surface area (Å²) in [6.45, 7) is 2.91. The zero-order valence-corrected chi connectivity index (χ0v) is 14.1. The number of carbonyl (C=O) groups excluding carboxylic acids is 1. The quantitative estimate of drug-likeness (QED) is 0.902. The molecule has 2 atom stereocenters. The lowest BCUT2D eigenvalue weighted by atomic mass is 9.90. The predicted molar refractivity (Wildman–Crippen MR) is 90.3 cm³/mol. The Labute approximate surface area is 146 Å². The summed E-state index contributed by atoms with van der Waals surface area (Å²) < 4.78 is 11.1. The second-order valence-corrected chi connectivity index (χ2v) is 6.46. The number of likely N-dealkylation sites (tertiary alicyclic amines) is 1. The highest BCUT2D eigenvalue weighted by atomic mass is 16.5. The van der Waals surface area contributed by atoms with Gasteiger partial charge >= 0.3 is 5.97 Å². The highest BCUT2D eigenvalue weighted by Gasteiger charge is 2.34. The molecular weight excluding hydrogens is 322 g/mol. The summed E-state index contributed by atoms with van der Waals surface area (Å²) in [7, 11) is 0. The molecule has 0 radical (unpaired) electrons. The van der Waals surface area contributed by atoms with Crippen molar-refractivity contribution in [3.63, 3.8) is 0 Å². The minimum Gasteiger partial charge on any atom is -0.489 e. The molecule has 2 heterocycles. The van der Waals surface area contributed by atoms with Crippen LogP contribution < -0.4 is 4.74 Å². The van der Waals surface area contributed by atoms with Gasteiger partial charge < -0.3 is 19.2 Å². The zero-order valence-electron chi connectivity index (χ0n) is 14.1.